The maximum absolute atomic E-state index is 9.42. The molecule has 1 aromatic rings. The fraction of sp³-hybridized carbons (Fsp3) is 0.533. The van der Waals surface area contributed by atoms with Crippen LogP contribution in [-0.2, 0) is 5.54 Å². The number of hydrogen-bond donors (Lipinski definition) is 1. The predicted octanol–water partition coefficient (Wildman–Crippen LogP) is 2.34. The molecule has 0 bridgehead atoms. The fourth-order valence-corrected chi connectivity index (χ4v) is 2.10. The van der Waals surface area contributed by atoms with Crippen LogP contribution in [0.1, 0.15) is 26.3 Å². The largest absolute Gasteiger partial charge is 0.309 e. The van der Waals surface area contributed by atoms with Crippen LogP contribution in [0.3, 0.4) is 0 Å². The van der Waals surface area contributed by atoms with E-state index in [-0.39, 0.29) is 0 Å². The van der Waals surface area contributed by atoms with E-state index in [4.69, 9.17) is 5.73 Å². The van der Waals surface area contributed by atoms with Crippen molar-refractivity contribution < 1.29 is 0 Å². The zero-order valence-corrected chi connectivity index (χ0v) is 11.6. The molecule has 98 valence electrons. The van der Waals surface area contributed by atoms with Crippen molar-refractivity contribution in [2.24, 2.45) is 11.7 Å². The zero-order valence-electron chi connectivity index (χ0n) is 11.6. The Kier molecular flexibility index (Phi) is 5.33. The number of nitrogens with two attached hydrogens (primary N) is 1. The average molecular weight is 245 g/mol. The van der Waals surface area contributed by atoms with Crippen LogP contribution in [0.2, 0.25) is 0 Å². The molecule has 0 radical (unpaired) electrons. The molecular formula is C15H23N3. The van der Waals surface area contributed by atoms with Crippen LogP contribution < -0.4 is 5.73 Å². The Morgan fingerprint density at radius 2 is 1.94 bits per heavy atom. The lowest BCUT2D eigenvalue weighted by atomic mass is 9.91. The lowest BCUT2D eigenvalue weighted by molar-refractivity contribution is 0.220. The summed E-state index contributed by atoms with van der Waals surface area (Å²) >= 11 is 0. The Hall–Kier alpha value is -1.37. The predicted molar refractivity (Wildman–Crippen MR) is 74.9 cm³/mol. The summed E-state index contributed by atoms with van der Waals surface area (Å²) in [6, 6.07) is 11.9. The maximum atomic E-state index is 9.42. The molecule has 1 aromatic carbocycles. The molecule has 0 aliphatic heterocycles. The van der Waals surface area contributed by atoms with Gasteiger partial charge in [0.2, 0.25) is 0 Å². The minimum absolute atomic E-state index is 0.572. The summed E-state index contributed by atoms with van der Waals surface area (Å²) in [6.07, 6.45) is 0. The molecule has 3 heteroatoms. The normalized spacial score (nSPS) is 14.5. The first kappa shape index (κ1) is 14.7. The van der Waals surface area contributed by atoms with Gasteiger partial charge in [0, 0.05) is 13.1 Å². The second-order valence-electron chi connectivity index (χ2n) is 5.17. The first-order valence-electron chi connectivity index (χ1n) is 6.50. The summed E-state index contributed by atoms with van der Waals surface area (Å²) in [7, 11) is 0. The summed E-state index contributed by atoms with van der Waals surface area (Å²) in [4.78, 5) is 2.24. The van der Waals surface area contributed by atoms with Crippen molar-refractivity contribution in [3.8, 4) is 6.07 Å². The van der Waals surface area contributed by atoms with Crippen molar-refractivity contribution in [2.75, 3.05) is 19.6 Å². The minimum atomic E-state index is -0.924. The van der Waals surface area contributed by atoms with E-state index in [1.165, 1.54) is 0 Å². The van der Waals surface area contributed by atoms with Crippen molar-refractivity contribution in [2.45, 2.75) is 26.3 Å². The van der Waals surface area contributed by atoms with Crippen LogP contribution in [-0.4, -0.2) is 24.5 Å². The molecule has 0 aromatic heterocycles. The molecule has 1 atom stereocenters. The van der Waals surface area contributed by atoms with Gasteiger partial charge in [-0.05, 0) is 18.0 Å². The van der Waals surface area contributed by atoms with Crippen molar-refractivity contribution in [1.29, 1.82) is 5.26 Å². The Labute approximate surface area is 110 Å². The Balaban J connectivity index is 2.86. The van der Waals surface area contributed by atoms with Crippen molar-refractivity contribution in [1.82, 2.24) is 4.90 Å². The molecule has 0 aliphatic rings. The molecule has 0 saturated heterocycles. The summed E-state index contributed by atoms with van der Waals surface area (Å²) < 4.78 is 0. The third-order valence-electron chi connectivity index (χ3n) is 3.03. The molecule has 0 spiro atoms. The first-order chi connectivity index (χ1) is 8.51. The summed E-state index contributed by atoms with van der Waals surface area (Å²) in [6.45, 7) is 8.90. The summed E-state index contributed by atoms with van der Waals surface area (Å²) in [5.41, 5.74) is 6.23. The van der Waals surface area contributed by atoms with E-state index in [0.29, 0.717) is 12.5 Å². The first-order valence-corrected chi connectivity index (χ1v) is 6.50. The quantitative estimate of drug-likeness (QED) is 0.837. The second kappa shape index (κ2) is 6.53. The zero-order chi connectivity index (χ0) is 13.6. The molecule has 2 N–H and O–H groups in total. The smallest absolute Gasteiger partial charge is 0.142 e. The van der Waals surface area contributed by atoms with Gasteiger partial charge in [-0.25, -0.2) is 0 Å². The third kappa shape index (κ3) is 3.83. The van der Waals surface area contributed by atoms with E-state index in [2.05, 4.69) is 31.7 Å². The second-order valence-corrected chi connectivity index (χ2v) is 5.17. The molecular weight excluding hydrogens is 222 g/mol. The van der Waals surface area contributed by atoms with Gasteiger partial charge in [-0.2, -0.15) is 5.26 Å². The third-order valence-corrected chi connectivity index (χ3v) is 3.03. The van der Waals surface area contributed by atoms with Crippen LogP contribution in [0, 0.1) is 17.2 Å². The lowest BCUT2D eigenvalue weighted by Gasteiger charge is -2.31. The Morgan fingerprint density at radius 1 is 1.33 bits per heavy atom. The van der Waals surface area contributed by atoms with E-state index in [1.54, 1.807) is 0 Å². The number of hydrogen-bond acceptors (Lipinski definition) is 3. The number of rotatable bonds is 6. The van der Waals surface area contributed by atoms with Gasteiger partial charge >= 0.3 is 0 Å². The van der Waals surface area contributed by atoms with Gasteiger partial charge in [0.05, 0.1) is 6.07 Å². The monoisotopic (exact) mass is 245 g/mol. The van der Waals surface area contributed by atoms with Crippen LogP contribution in [0.25, 0.3) is 0 Å². The van der Waals surface area contributed by atoms with E-state index in [9.17, 15) is 5.26 Å². The molecule has 1 unspecified atom stereocenters. The van der Waals surface area contributed by atoms with Crippen LogP contribution in [0.15, 0.2) is 30.3 Å². The molecule has 0 aliphatic carbocycles. The average Bonchev–Trinajstić information content (AvgIpc) is 2.38. The molecule has 18 heavy (non-hydrogen) atoms. The van der Waals surface area contributed by atoms with E-state index in [0.717, 1.165) is 18.7 Å². The molecule has 0 amide bonds. The van der Waals surface area contributed by atoms with Gasteiger partial charge in [0.1, 0.15) is 5.54 Å². The van der Waals surface area contributed by atoms with Gasteiger partial charge in [0.15, 0.2) is 0 Å². The topological polar surface area (TPSA) is 53.0 Å². The van der Waals surface area contributed by atoms with Gasteiger partial charge in [-0.15, -0.1) is 0 Å². The molecule has 1 rings (SSSR count). The minimum Gasteiger partial charge on any atom is -0.309 e. The van der Waals surface area contributed by atoms with E-state index >= 15 is 0 Å². The van der Waals surface area contributed by atoms with Crippen molar-refractivity contribution in [3.05, 3.63) is 35.9 Å². The van der Waals surface area contributed by atoms with Crippen LogP contribution >= 0.6 is 0 Å². The van der Waals surface area contributed by atoms with Crippen LogP contribution in [0.4, 0.5) is 0 Å². The highest BCUT2D eigenvalue weighted by Gasteiger charge is 2.29. The van der Waals surface area contributed by atoms with Crippen molar-refractivity contribution >= 4 is 0 Å². The highest BCUT2D eigenvalue weighted by Crippen LogP contribution is 2.19. The highest BCUT2D eigenvalue weighted by molar-refractivity contribution is 5.31. The van der Waals surface area contributed by atoms with Gasteiger partial charge in [-0.1, -0.05) is 51.1 Å². The Morgan fingerprint density at radius 3 is 2.39 bits per heavy atom. The molecule has 0 saturated carbocycles. The van der Waals surface area contributed by atoms with E-state index < -0.39 is 5.54 Å². The number of nitrogens with zero attached hydrogens (tertiary/aromatic N) is 2. The Bertz CT molecular complexity index is 394. The SMILES string of the molecule is CCN(CC(C)C)CC(N)(C#N)c1ccccc1. The van der Waals surface area contributed by atoms with Gasteiger partial charge in [0.25, 0.3) is 0 Å². The molecule has 3 nitrogen and oxygen atoms in total. The van der Waals surface area contributed by atoms with E-state index in [1.807, 2.05) is 30.3 Å². The van der Waals surface area contributed by atoms with Gasteiger partial charge < -0.3 is 10.6 Å². The maximum Gasteiger partial charge on any atom is 0.142 e. The molecule has 0 heterocycles. The highest BCUT2D eigenvalue weighted by atomic mass is 15.1. The van der Waals surface area contributed by atoms with Crippen molar-refractivity contribution in [3.63, 3.8) is 0 Å². The number of nitriles is 1. The lowest BCUT2D eigenvalue weighted by Crippen LogP contribution is -2.47. The van der Waals surface area contributed by atoms with Crippen LogP contribution in [0.5, 0.6) is 0 Å². The summed E-state index contributed by atoms with van der Waals surface area (Å²) in [5, 5.41) is 9.42. The standard InChI is InChI=1S/C15H23N3/c1-4-18(10-13(2)3)12-15(17,11-16)14-8-6-5-7-9-14/h5-9,13H,4,10,12,17H2,1-3H3. The summed E-state index contributed by atoms with van der Waals surface area (Å²) in [5.74, 6) is 0.573. The van der Waals surface area contributed by atoms with Gasteiger partial charge in [-0.3, -0.25) is 0 Å². The number of likely N-dealkylation sites (N-methyl/N-ethyl adjacent to an activating group) is 1. The molecule has 0 fully saturated rings. The fourth-order valence-electron chi connectivity index (χ4n) is 2.10. The number of benzene rings is 1.